The van der Waals surface area contributed by atoms with Crippen molar-refractivity contribution in [1.82, 2.24) is 9.80 Å². The van der Waals surface area contributed by atoms with Gasteiger partial charge < -0.3 is 20.3 Å². The molecule has 6 rings (SSSR count). The highest BCUT2D eigenvalue weighted by Gasteiger charge is 2.25. The van der Waals surface area contributed by atoms with Gasteiger partial charge in [0, 0.05) is 37.6 Å². The molecule has 0 spiro atoms. The molecule has 8 heteroatoms. The summed E-state index contributed by atoms with van der Waals surface area (Å²) in [5.41, 5.74) is 11.2. The second-order valence-electron chi connectivity index (χ2n) is 16.2. The molecule has 316 valence electrons. The number of likely N-dealkylation sites (tertiary alicyclic amines) is 2. The Bertz CT molecular complexity index is 1720. The Labute approximate surface area is 349 Å². The molecule has 2 aliphatic rings. The van der Waals surface area contributed by atoms with E-state index < -0.39 is 5.97 Å². The number of piperidine rings is 2. The van der Waals surface area contributed by atoms with Crippen molar-refractivity contribution in [3.05, 3.63) is 131 Å². The highest BCUT2D eigenvalue weighted by molar-refractivity contribution is 5.80. The van der Waals surface area contributed by atoms with Crippen molar-refractivity contribution >= 4 is 11.8 Å². The lowest BCUT2D eigenvalue weighted by Gasteiger charge is -2.36. The summed E-state index contributed by atoms with van der Waals surface area (Å²) >= 11 is 0. The lowest BCUT2D eigenvalue weighted by molar-refractivity contribution is -0.139. The number of ether oxygens (including phenoxy) is 2. The number of carboxylic acids is 1. The van der Waals surface area contributed by atoms with Crippen LogP contribution in [0.15, 0.2) is 109 Å². The largest absolute Gasteiger partial charge is 0.486 e. The SMILES string of the molecule is C.CC(C)c1ccc(OCC(=O)CC2CCN(C(C)c3ccccc3)CC2)cc1.CC(C)c1ccc(OCC(=O)O)cc1.CC(c1ccccc1)N1CCC(N)CC1. The van der Waals surface area contributed by atoms with Crippen LogP contribution in [0.2, 0.25) is 0 Å². The van der Waals surface area contributed by atoms with Crippen molar-refractivity contribution in [2.75, 3.05) is 39.4 Å². The van der Waals surface area contributed by atoms with Gasteiger partial charge in [-0.2, -0.15) is 0 Å². The molecule has 0 aliphatic carbocycles. The summed E-state index contributed by atoms with van der Waals surface area (Å²) in [6.07, 6.45) is 5.09. The van der Waals surface area contributed by atoms with Crippen LogP contribution in [0.5, 0.6) is 11.5 Å². The molecular formula is C50H71N3O5. The van der Waals surface area contributed by atoms with Gasteiger partial charge >= 0.3 is 5.97 Å². The Morgan fingerprint density at radius 3 is 1.34 bits per heavy atom. The highest BCUT2D eigenvalue weighted by Crippen LogP contribution is 2.29. The quantitative estimate of drug-likeness (QED) is 0.130. The van der Waals surface area contributed by atoms with Crippen LogP contribution < -0.4 is 15.2 Å². The van der Waals surface area contributed by atoms with E-state index in [-0.39, 0.29) is 26.4 Å². The van der Waals surface area contributed by atoms with E-state index in [0.29, 0.717) is 48.0 Å². The molecule has 3 N–H and O–H groups in total. The normalized spacial score (nSPS) is 16.2. The van der Waals surface area contributed by atoms with Gasteiger partial charge in [-0.1, -0.05) is 120 Å². The summed E-state index contributed by atoms with van der Waals surface area (Å²) in [5.74, 6) is 2.09. The summed E-state index contributed by atoms with van der Waals surface area (Å²) in [5, 5.41) is 8.39. The van der Waals surface area contributed by atoms with Gasteiger partial charge in [0.1, 0.15) is 18.1 Å². The number of benzene rings is 4. The molecule has 0 aromatic heterocycles. The van der Waals surface area contributed by atoms with E-state index in [2.05, 4.69) is 124 Å². The van der Waals surface area contributed by atoms with Gasteiger partial charge in [-0.15, -0.1) is 0 Å². The molecule has 8 nitrogen and oxygen atoms in total. The molecule has 2 fully saturated rings. The van der Waals surface area contributed by atoms with E-state index in [1.165, 1.54) is 22.3 Å². The van der Waals surface area contributed by atoms with Crippen LogP contribution in [-0.2, 0) is 9.59 Å². The number of rotatable bonds is 14. The minimum absolute atomic E-state index is 0. The van der Waals surface area contributed by atoms with E-state index in [1.54, 1.807) is 12.1 Å². The fourth-order valence-corrected chi connectivity index (χ4v) is 7.32. The van der Waals surface area contributed by atoms with Crippen LogP contribution >= 0.6 is 0 Å². The fourth-order valence-electron chi connectivity index (χ4n) is 7.32. The van der Waals surface area contributed by atoms with Crippen molar-refractivity contribution in [1.29, 1.82) is 0 Å². The Kier molecular flexibility index (Phi) is 20.7. The number of carbonyl (C=O) groups excluding carboxylic acids is 1. The summed E-state index contributed by atoms with van der Waals surface area (Å²) < 4.78 is 10.7. The highest BCUT2D eigenvalue weighted by atomic mass is 16.5. The second-order valence-corrected chi connectivity index (χ2v) is 16.2. The average Bonchev–Trinajstić information content (AvgIpc) is 3.23. The lowest BCUT2D eigenvalue weighted by Crippen LogP contribution is -2.40. The van der Waals surface area contributed by atoms with Crippen LogP contribution in [-0.4, -0.2) is 72.1 Å². The first-order valence-electron chi connectivity index (χ1n) is 20.9. The van der Waals surface area contributed by atoms with Gasteiger partial charge in [-0.25, -0.2) is 4.79 Å². The monoisotopic (exact) mass is 794 g/mol. The third-order valence-corrected chi connectivity index (χ3v) is 11.3. The van der Waals surface area contributed by atoms with Crippen molar-refractivity contribution in [2.45, 2.75) is 111 Å². The van der Waals surface area contributed by atoms with E-state index >= 15 is 0 Å². The predicted molar refractivity (Wildman–Crippen MR) is 239 cm³/mol. The zero-order chi connectivity index (χ0) is 41.2. The van der Waals surface area contributed by atoms with Gasteiger partial charge in [-0.3, -0.25) is 14.6 Å². The van der Waals surface area contributed by atoms with Crippen molar-refractivity contribution in [3.63, 3.8) is 0 Å². The van der Waals surface area contributed by atoms with Crippen molar-refractivity contribution in [3.8, 4) is 11.5 Å². The van der Waals surface area contributed by atoms with E-state index in [4.69, 9.17) is 20.3 Å². The van der Waals surface area contributed by atoms with Crippen molar-refractivity contribution in [2.24, 2.45) is 11.7 Å². The second kappa shape index (κ2) is 25.1. The minimum Gasteiger partial charge on any atom is -0.486 e. The van der Waals surface area contributed by atoms with Crippen LogP contribution in [0.25, 0.3) is 0 Å². The first kappa shape index (κ1) is 47.9. The molecule has 0 amide bonds. The summed E-state index contributed by atoms with van der Waals surface area (Å²) in [6, 6.07) is 38.3. The van der Waals surface area contributed by atoms with Crippen LogP contribution in [0.1, 0.15) is 127 Å². The number of nitrogens with two attached hydrogens (primary N) is 1. The smallest absolute Gasteiger partial charge is 0.341 e. The maximum absolute atomic E-state index is 12.4. The van der Waals surface area contributed by atoms with E-state index in [0.717, 1.165) is 57.6 Å². The Balaban J connectivity index is 0.000000254. The average molecular weight is 794 g/mol. The predicted octanol–water partition coefficient (Wildman–Crippen LogP) is 10.7. The molecular weight excluding hydrogens is 723 g/mol. The van der Waals surface area contributed by atoms with Gasteiger partial charge in [0.2, 0.25) is 0 Å². The van der Waals surface area contributed by atoms with Crippen LogP contribution in [0, 0.1) is 5.92 Å². The zero-order valence-corrected chi connectivity index (χ0v) is 35.2. The number of carbonyl (C=O) groups is 2. The minimum atomic E-state index is -0.960. The Morgan fingerprint density at radius 2 is 0.966 bits per heavy atom. The molecule has 2 aliphatic heterocycles. The van der Waals surface area contributed by atoms with Gasteiger partial charge in [-0.05, 0) is 117 Å². The number of aliphatic carboxylic acids is 1. The molecule has 2 unspecified atom stereocenters. The van der Waals surface area contributed by atoms with Gasteiger partial charge in [0.15, 0.2) is 12.4 Å². The van der Waals surface area contributed by atoms with E-state index in [9.17, 15) is 9.59 Å². The van der Waals surface area contributed by atoms with Gasteiger partial charge in [0.25, 0.3) is 0 Å². The van der Waals surface area contributed by atoms with Crippen molar-refractivity contribution < 1.29 is 24.2 Å². The lowest BCUT2D eigenvalue weighted by atomic mass is 9.90. The summed E-state index contributed by atoms with van der Waals surface area (Å²) in [7, 11) is 0. The summed E-state index contributed by atoms with van der Waals surface area (Å²) in [6.45, 7) is 17.4. The fraction of sp³-hybridized carbons (Fsp3) is 0.480. The maximum atomic E-state index is 12.4. The molecule has 4 aromatic carbocycles. The number of ketones is 1. The molecule has 4 aromatic rings. The first-order valence-corrected chi connectivity index (χ1v) is 20.9. The number of hydrogen-bond donors (Lipinski definition) is 2. The number of hydrogen-bond acceptors (Lipinski definition) is 7. The maximum Gasteiger partial charge on any atom is 0.341 e. The third kappa shape index (κ3) is 16.4. The zero-order valence-electron chi connectivity index (χ0n) is 35.2. The molecule has 0 bridgehead atoms. The number of carboxylic acid groups (broad SMARTS) is 1. The number of nitrogens with zero attached hydrogens (tertiary/aromatic N) is 2. The van der Waals surface area contributed by atoms with Crippen LogP contribution in [0.3, 0.4) is 0 Å². The molecule has 58 heavy (non-hydrogen) atoms. The standard InChI is InChI=1S/C25H33NO2.C13H20N2.C11H14O3.CH4/c1-19(2)22-9-11-25(12-10-22)28-18-24(27)17-21-13-15-26(16-14-21)20(3)23-7-5-4-6-8-23;1-11(12-5-3-2-4-6-12)15-9-7-13(14)8-10-15;1-8(2)9-3-5-10(6-4-9)14-7-11(12)13;/h4-12,19-21H,13-18H2,1-3H3;2-6,11,13H,7-10,14H2,1H3;3-6,8H,7H2,1-2H3,(H,12,13);1H4. The first-order chi connectivity index (χ1) is 27.4. The molecule has 0 radical (unpaired) electrons. The molecule has 2 saturated heterocycles. The van der Waals surface area contributed by atoms with Crippen LogP contribution in [0.4, 0.5) is 0 Å². The molecule has 2 atom stereocenters. The van der Waals surface area contributed by atoms with Gasteiger partial charge in [0.05, 0.1) is 0 Å². The third-order valence-electron chi connectivity index (χ3n) is 11.3. The summed E-state index contributed by atoms with van der Waals surface area (Å²) in [4.78, 5) is 27.6. The van der Waals surface area contributed by atoms with E-state index in [1.807, 2.05) is 24.3 Å². The molecule has 0 saturated carbocycles. The number of Topliss-reactive ketones (excluding diaryl/α,β-unsaturated/α-hetero) is 1. The molecule has 2 heterocycles. The Morgan fingerprint density at radius 1 is 0.586 bits per heavy atom. The Hall–Kier alpha value is -4.50. The topological polar surface area (TPSA) is 105 Å².